The Hall–Kier alpha value is -1.44. The highest BCUT2D eigenvalue weighted by molar-refractivity contribution is 5.49. The van der Waals surface area contributed by atoms with Crippen molar-refractivity contribution in [2.75, 3.05) is 30.5 Å². The SMILES string of the molecule is COCc1nc(NN)cc(N2CC(C)(C)OC(C)(C)C2)n1. The van der Waals surface area contributed by atoms with Gasteiger partial charge in [-0.15, -0.1) is 0 Å². The fourth-order valence-electron chi connectivity index (χ4n) is 2.86. The van der Waals surface area contributed by atoms with Crippen molar-refractivity contribution in [1.82, 2.24) is 9.97 Å². The van der Waals surface area contributed by atoms with Gasteiger partial charge in [0.2, 0.25) is 0 Å². The summed E-state index contributed by atoms with van der Waals surface area (Å²) in [6.45, 7) is 10.2. The van der Waals surface area contributed by atoms with Crippen molar-refractivity contribution in [3.05, 3.63) is 11.9 Å². The van der Waals surface area contributed by atoms with Crippen molar-refractivity contribution < 1.29 is 9.47 Å². The van der Waals surface area contributed by atoms with Gasteiger partial charge in [0, 0.05) is 26.3 Å². The molecule has 1 aliphatic heterocycles. The molecule has 2 rings (SSSR count). The Kier molecular flexibility index (Phi) is 4.36. The maximum atomic E-state index is 6.10. The smallest absolute Gasteiger partial charge is 0.158 e. The van der Waals surface area contributed by atoms with Crippen molar-refractivity contribution in [2.45, 2.75) is 45.5 Å². The van der Waals surface area contributed by atoms with Crippen LogP contribution < -0.4 is 16.2 Å². The van der Waals surface area contributed by atoms with Gasteiger partial charge in [-0.1, -0.05) is 0 Å². The number of aromatic nitrogens is 2. The van der Waals surface area contributed by atoms with Gasteiger partial charge in [0.15, 0.2) is 5.82 Å². The van der Waals surface area contributed by atoms with Gasteiger partial charge in [-0.2, -0.15) is 0 Å². The highest BCUT2D eigenvalue weighted by Gasteiger charge is 2.38. The summed E-state index contributed by atoms with van der Waals surface area (Å²) in [4.78, 5) is 11.0. The quantitative estimate of drug-likeness (QED) is 0.639. The van der Waals surface area contributed by atoms with E-state index in [2.05, 4.69) is 48.0 Å². The summed E-state index contributed by atoms with van der Waals surface area (Å²) < 4.78 is 11.2. The van der Waals surface area contributed by atoms with Crippen LogP contribution in [0.4, 0.5) is 11.6 Å². The number of nitrogens with one attached hydrogen (secondary N) is 1. The van der Waals surface area contributed by atoms with Crippen LogP contribution >= 0.6 is 0 Å². The maximum absolute atomic E-state index is 6.10. The summed E-state index contributed by atoms with van der Waals surface area (Å²) in [5.41, 5.74) is 2.09. The Balaban J connectivity index is 2.33. The first-order valence-electron chi connectivity index (χ1n) is 7.03. The Morgan fingerprint density at radius 1 is 1.29 bits per heavy atom. The second-order valence-electron chi connectivity index (χ2n) is 6.58. The van der Waals surface area contributed by atoms with E-state index in [4.69, 9.17) is 15.3 Å². The van der Waals surface area contributed by atoms with E-state index in [0.29, 0.717) is 18.2 Å². The molecule has 0 unspecified atom stereocenters. The van der Waals surface area contributed by atoms with Gasteiger partial charge in [0.05, 0.1) is 11.2 Å². The average Bonchev–Trinajstić information content (AvgIpc) is 2.35. The number of anilines is 2. The third kappa shape index (κ3) is 4.03. The third-order valence-electron chi connectivity index (χ3n) is 3.20. The van der Waals surface area contributed by atoms with Crippen LogP contribution in [-0.4, -0.2) is 41.4 Å². The molecular weight excluding hydrogens is 270 g/mol. The number of ether oxygens (including phenoxy) is 2. The average molecular weight is 295 g/mol. The molecule has 0 saturated carbocycles. The first-order chi connectivity index (χ1) is 9.74. The van der Waals surface area contributed by atoms with Gasteiger partial charge in [0.1, 0.15) is 18.2 Å². The zero-order chi connectivity index (χ0) is 15.7. The van der Waals surface area contributed by atoms with Crippen molar-refractivity contribution in [1.29, 1.82) is 0 Å². The normalized spacial score (nSPS) is 20.4. The number of morpholine rings is 1. The van der Waals surface area contributed by atoms with Gasteiger partial charge < -0.3 is 19.8 Å². The predicted molar refractivity (Wildman–Crippen MR) is 82.0 cm³/mol. The highest BCUT2D eigenvalue weighted by Crippen LogP contribution is 2.31. The molecule has 0 atom stereocenters. The molecule has 0 spiro atoms. The maximum Gasteiger partial charge on any atom is 0.158 e. The van der Waals surface area contributed by atoms with Crippen LogP contribution in [0.25, 0.3) is 0 Å². The van der Waals surface area contributed by atoms with Gasteiger partial charge in [-0.05, 0) is 27.7 Å². The number of hydrogen-bond acceptors (Lipinski definition) is 7. The van der Waals surface area contributed by atoms with Gasteiger partial charge >= 0.3 is 0 Å². The van der Waals surface area contributed by atoms with Gasteiger partial charge in [-0.25, -0.2) is 15.8 Å². The molecule has 0 radical (unpaired) electrons. The van der Waals surface area contributed by atoms with Crippen LogP contribution in [0.1, 0.15) is 33.5 Å². The summed E-state index contributed by atoms with van der Waals surface area (Å²) >= 11 is 0. The summed E-state index contributed by atoms with van der Waals surface area (Å²) in [7, 11) is 1.62. The van der Waals surface area contributed by atoms with Crippen LogP contribution in [-0.2, 0) is 16.1 Å². The molecule has 7 nitrogen and oxygen atoms in total. The zero-order valence-corrected chi connectivity index (χ0v) is 13.4. The monoisotopic (exact) mass is 295 g/mol. The van der Waals surface area contributed by atoms with Gasteiger partial charge in [-0.3, -0.25) is 0 Å². The number of hydrazine groups is 1. The van der Waals surface area contributed by atoms with E-state index in [1.807, 2.05) is 6.07 Å². The molecule has 1 aromatic heterocycles. The number of hydrogen-bond donors (Lipinski definition) is 2. The highest BCUT2D eigenvalue weighted by atomic mass is 16.5. The minimum Gasteiger partial charge on any atom is -0.377 e. The molecule has 1 fully saturated rings. The van der Waals surface area contributed by atoms with Crippen molar-refractivity contribution in [3.63, 3.8) is 0 Å². The van der Waals surface area contributed by atoms with Crippen LogP contribution in [0.5, 0.6) is 0 Å². The topological polar surface area (TPSA) is 85.5 Å². The van der Waals surface area contributed by atoms with E-state index in [1.54, 1.807) is 7.11 Å². The summed E-state index contributed by atoms with van der Waals surface area (Å²) in [5.74, 6) is 7.50. The van der Waals surface area contributed by atoms with Crippen molar-refractivity contribution >= 4 is 11.6 Å². The van der Waals surface area contributed by atoms with Crippen molar-refractivity contribution in [3.8, 4) is 0 Å². The summed E-state index contributed by atoms with van der Waals surface area (Å²) in [6.07, 6.45) is 0. The lowest BCUT2D eigenvalue weighted by atomic mass is 9.99. The van der Waals surface area contributed by atoms with E-state index in [9.17, 15) is 0 Å². The summed E-state index contributed by atoms with van der Waals surface area (Å²) in [5, 5.41) is 0. The van der Waals surface area contributed by atoms with Crippen LogP contribution in [0.2, 0.25) is 0 Å². The fourth-order valence-corrected chi connectivity index (χ4v) is 2.86. The Bertz CT molecular complexity index is 488. The predicted octanol–water partition coefficient (Wildman–Crippen LogP) is 1.30. The largest absolute Gasteiger partial charge is 0.377 e. The zero-order valence-electron chi connectivity index (χ0n) is 13.4. The number of methoxy groups -OCH3 is 1. The number of rotatable bonds is 4. The molecule has 21 heavy (non-hydrogen) atoms. The lowest BCUT2D eigenvalue weighted by molar-refractivity contribution is -0.133. The minimum absolute atomic E-state index is 0.246. The molecule has 0 aliphatic carbocycles. The molecule has 0 bridgehead atoms. The molecule has 1 aliphatic rings. The molecular formula is C14H25N5O2. The van der Waals surface area contributed by atoms with E-state index in [0.717, 1.165) is 18.9 Å². The molecule has 0 aromatic carbocycles. The second-order valence-corrected chi connectivity index (χ2v) is 6.58. The molecule has 1 saturated heterocycles. The van der Waals surface area contributed by atoms with Crippen LogP contribution in [0, 0.1) is 0 Å². The fraction of sp³-hybridized carbons (Fsp3) is 0.714. The molecule has 118 valence electrons. The molecule has 7 heteroatoms. The Morgan fingerprint density at radius 2 is 1.90 bits per heavy atom. The number of nitrogen functional groups attached to an aromatic ring is 1. The Labute approximate surface area is 125 Å². The summed E-state index contributed by atoms with van der Waals surface area (Å²) in [6, 6.07) is 1.84. The van der Waals surface area contributed by atoms with Crippen LogP contribution in [0.15, 0.2) is 6.07 Å². The second kappa shape index (κ2) is 5.75. The molecule has 3 N–H and O–H groups in total. The van der Waals surface area contributed by atoms with Crippen molar-refractivity contribution in [2.24, 2.45) is 5.84 Å². The number of nitrogens with zero attached hydrogens (tertiary/aromatic N) is 3. The molecule has 1 aromatic rings. The van der Waals surface area contributed by atoms with E-state index in [-0.39, 0.29) is 11.2 Å². The first-order valence-corrected chi connectivity index (χ1v) is 7.03. The standard InChI is InChI=1S/C14H25N5O2/c1-13(2)8-19(9-14(3,4)21-13)12-6-10(18-15)16-11(17-12)7-20-5/h6H,7-9,15H2,1-5H3,(H,16,17,18). The lowest BCUT2D eigenvalue weighted by Crippen LogP contribution is -2.57. The third-order valence-corrected chi connectivity index (χ3v) is 3.20. The van der Waals surface area contributed by atoms with Crippen LogP contribution in [0.3, 0.4) is 0 Å². The van der Waals surface area contributed by atoms with E-state index >= 15 is 0 Å². The van der Waals surface area contributed by atoms with E-state index < -0.39 is 0 Å². The minimum atomic E-state index is -0.246. The first kappa shape index (κ1) is 15.9. The Morgan fingerprint density at radius 3 is 2.43 bits per heavy atom. The number of nitrogens with two attached hydrogens (primary N) is 1. The molecule has 0 amide bonds. The molecule has 2 heterocycles. The van der Waals surface area contributed by atoms with Gasteiger partial charge in [0.25, 0.3) is 0 Å². The van der Waals surface area contributed by atoms with E-state index in [1.165, 1.54) is 0 Å². The lowest BCUT2D eigenvalue weighted by Gasteiger charge is -2.47.